The van der Waals surface area contributed by atoms with Gasteiger partial charge < -0.3 is 14.2 Å². The molecule has 0 fully saturated rings. The standard InChI is InChI=1S/C12H24N4O3S/c1-10(2)5-6-19-7-8-20-12-13-14-15-16(12)9-11(17-3)18-4/h10-11H,5-9H2,1-4H3. The van der Waals surface area contributed by atoms with Crippen molar-refractivity contribution in [3.63, 3.8) is 0 Å². The maximum absolute atomic E-state index is 5.56. The second-order valence-electron chi connectivity index (χ2n) is 4.69. The molecule has 1 rings (SSSR count). The van der Waals surface area contributed by atoms with Gasteiger partial charge in [0.25, 0.3) is 0 Å². The van der Waals surface area contributed by atoms with Crippen molar-refractivity contribution in [2.75, 3.05) is 33.2 Å². The van der Waals surface area contributed by atoms with Crippen molar-refractivity contribution in [3.8, 4) is 0 Å². The Bertz CT molecular complexity index is 358. The third-order valence-corrected chi connectivity index (χ3v) is 3.57. The summed E-state index contributed by atoms with van der Waals surface area (Å²) in [5.74, 6) is 1.50. The Hall–Kier alpha value is -0.700. The van der Waals surface area contributed by atoms with Gasteiger partial charge in [-0.3, -0.25) is 0 Å². The Morgan fingerprint density at radius 1 is 1.20 bits per heavy atom. The first-order valence-electron chi connectivity index (χ1n) is 6.69. The number of hydrogen-bond donors (Lipinski definition) is 0. The summed E-state index contributed by atoms with van der Waals surface area (Å²) in [4.78, 5) is 0. The molecule has 0 aliphatic rings. The van der Waals surface area contributed by atoms with E-state index in [1.165, 1.54) is 0 Å². The van der Waals surface area contributed by atoms with Crippen molar-refractivity contribution < 1.29 is 14.2 Å². The number of rotatable bonds is 11. The molecule has 0 unspecified atom stereocenters. The topological polar surface area (TPSA) is 71.3 Å². The molecule has 0 amide bonds. The van der Waals surface area contributed by atoms with Gasteiger partial charge in [0.05, 0.1) is 13.2 Å². The molecule has 116 valence electrons. The van der Waals surface area contributed by atoms with Gasteiger partial charge in [-0.1, -0.05) is 25.6 Å². The molecule has 0 bridgehead atoms. The van der Waals surface area contributed by atoms with Crippen LogP contribution in [0.15, 0.2) is 5.16 Å². The van der Waals surface area contributed by atoms with Crippen LogP contribution in [-0.4, -0.2) is 59.7 Å². The third-order valence-electron chi connectivity index (χ3n) is 2.65. The van der Waals surface area contributed by atoms with E-state index in [0.717, 1.165) is 23.9 Å². The Kier molecular flexibility index (Phi) is 8.75. The first kappa shape index (κ1) is 17.4. The smallest absolute Gasteiger partial charge is 0.209 e. The average Bonchev–Trinajstić information content (AvgIpc) is 2.86. The zero-order chi connectivity index (χ0) is 14.8. The van der Waals surface area contributed by atoms with Crippen LogP contribution in [0, 0.1) is 5.92 Å². The number of tetrazole rings is 1. The molecule has 0 saturated heterocycles. The summed E-state index contributed by atoms with van der Waals surface area (Å²) in [6.45, 7) is 6.35. The SMILES string of the molecule is COC(Cn1nnnc1SCCOCCC(C)C)OC. The van der Waals surface area contributed by atoms with Crippen LogP contribution in [0.4, 0.5) is 0 Å². The highest BCUT2D eigenvalue weighted by atomic mass is 32.2. The summed E-state index contributed by atoms with van der Waals surface area (Å²) in [7, 11) is 3.18. The van der Waals surface area contributed by atoms with Crippen LogP contribution in [0.2, 0.25) is 0 Å². The maximum Gasteiger partial charge on any atom is 0.209 e. The molecule has 0 aliphatic carbocycles. The molecule has 0 radical (unpaired) electrons. The zero-order valence-electron chi connectivity index (χ0n) is 12.6. The number of hydrogen-bond acceptors (Lipinski definition) is 7. The predicted octanol–water partition coefficient (Wildman–Crippen LogP) is 1.45. The molecule has 0 N–H and O–H groups in total. The van der Waals surface area contributed by atoms with Gasteiger partial charge in [0.15, 0.2) is 6.29 Å². The lowest BCUT2D eigenvalue weighted by molar-refractivity contribution is -0.113. The molecular formula is C12H24N4O3S. The Morgan fingerprint density at radius 2 is 1.95 bits per heavy atom. The summed E-state index contributed by atoms with van der Waals surface area (Å²) in [5.41, 5.74) is 0. The van der Waals surface area contributed by atoms with Crippen molar-refractivity contribution in [2.45, 2.75) is 38.3 Å². The van der Waals surface area contributed by atoms with E-state index in [1.807, 2.05) is 0 Å². The Labute approximate surface area is 124 Å². The first-order chi connectivity index (χ1) is 9.67. The highest BCUT2D eigenvalue weighted by Gasteiger charge is 2.12. The van der Waals surface area contributed by atoms with Gasteiger partial charge in [-0.2, -0.15) is 0 Å². The molecule has 8 heteroatoms. The predicted molar refractivity (Wildman–Crippen MR) is 76.6 cm³/mol. The lowest BCUT2D eigenvalue weighted by Crippen LogP contribution is -2.22. The van der Waals surface area contributed by atoms with E-state index in [2.05, 4.69) is 29.4 Å². The second kappa shape index (κ2) is 10.1. The van der Waals surface area contributed by atoms with Gasteiger partial charge in [0.2, 0.25) is 5.16 Å². The number of nitrogens with zero attached hydrogens (tertiary/aromatic N) is 4. The van der Waals surface area contributed by atoms with Gasteiger partial charge in [-0.05, 0) is 22.8 Å². The molecule has 1 aromatic rings. The first-order valence-corrected chi connectivity index (χ1v) is 7.68. The van der Waals surface area contributed by atoms with E-state index in [0.29, 0.717) is 19.1 Å². The summed E-state index contributed by atoms with van der Waals surface area (Å²) < 4.78 is 17.5. The molecule has 0 aromatic carbocycles. The minimum Gasteiger partial charge on any atom is -0.381 e. The van der Waals surface area contributed by atoms with Crippen molar-refractivity contribution in [2.24, 2.45) is 5.92 Å². The second-order valence-corrected chi connectivity index (χ2v) is 5.75. The molecule has 0 spiro atoms. The summed E-state index contributed by atoms with van der Waals surface area (Å²) in [5, 5.41) is 12.3. The van der Waals surface area contributed by atoms with Crippen molar-refractivity contribution >= 4 is 11.8 Å². The summed E-state index contributed by atoms with van der Waals surface area (Å²) in [6.07, 6.45) is 0.742. The average molecular weight is 304 g/mol. The molecule has 7 nitrogen and oxygen atoms in total. The summed E-state index contributed by atoms with van der Waals surface area (Å²) >= 11 is 1.57. The van der Waals surface area contributed by atoms with Crippen LogP contribution < -0.4 is 0 Å². The minimum absolute atomic E-state index is 0.347. The zero-order valence-corrected chi connectivity index (χ0v) is 13.4. The molecule has 0 aliphatic heterocycles. The summed E-state index contributed by atoms with van der Waals surface area (Å²) in [6, 6.07) is 0. The Balaban J connectivity index is 2.25. The number of aromatic nitrogens is 4. The largest absolute Gasteiger partial charge is 0.381 e. The van der Waals surface area contributed by atoms with E-state index in [1.54, 1.807) is 30.7 Å². The van der Waals surface area contributed by atoms with Crippen LogP contribution >= 0.6 is 11.8 Å². The lowest BCUT2D eigenvalue weighted by Gasteiger charge is -2.13. The fourth-order valence-electron chi connectivity index (χ4n) is 1.41. The number of ether oxygens (including phenoxy) is 3. The monoisotopic (exact) mass is 304 g/mol. The quantitative estimate of drug-likeness (QED) is 0.348. The van der Waals surface area contributed by atoms with Crippen LogP contribution in [-0.2, 0) is 20.8 Å². The van der Waals surface area contributed by atoms with Gasteiger partial charge in [-0.15, -0.1) is 5.10 Å². The number of thioether (sulfide) groups is 1. The maximum atomic E-state index is 5.56. The normalized spacial score (nSPS) is 11.7. The van der Waals surface area contributed by atoms with Crippen LogP contribution in [0.5, 0.6) is 0 Å². The van der Waals surface area contributed by atoms with E-state index < -0.39 is 0 Å². The van der Waals surface area contributed by atoms with E-state index >= 15 is 0 Å². The van der Waals surface area contributed by atoms with Crippen LogP contribution in [0.25, 0.3) is 0 Å². The molecular weight excluding hydrogens is 280 g/mol. The van der Waals surface area contributed by atoms with Gasteiger partial charge in [-0.25, -0.2) is 4.68 Å². The van der Waals surface area contributed by atoms with Gasteiger partial charge in [0.1, 0.15) is 0 Å². The van der Waals surface area contributed by atoms with E-state index in [4.69, 9.17) is 14.2 Å². The Morgan fingerprint density at radius 3 is 2.60 bits per heavy atom. The third kappa shape index (κ3) is 6.65. The van der Waals surface area contributed by atoms with E-state index in [9.17, 15) is 0 Å². The van der Waals surface area contributed by atoms with Crippen molar-refractivity contribution in [1.82, 2.24) is 20.2 Å². The molecule has 0 saturated carbocycles. The molecule has 20 heavy (non-hydrogen) atoms. The van der Waals surface area contributed by atoms with Gasteiger partial charge in [0, 0.05) is 26.6 Å². The highest BCUT2D eigenvalue weighted by Crippen LogP contribution is 2.14. The van der Waals surface area contributed by atoms with Gasteiger partial charge >= 0.3 is 0 Å². The van der Waals surface area contributed by atoms with Crippen molar-refractivity contribution in [1.29, 1.82) is 0 Å². The fourth-order valence-corrected chi connectivity index (χ4v) is 2.15. The van der Waals surface area contributed by atoms with Crippen molar-refractivity contribution in [3.05, 3.63) is 0 Å². The fraction of sp³-hybridized carbons (Fsp3) is 0.917. The van der Waals surface area contributed by atoms with E-state index in [-0.39, 0.29) is 6.29 Å². The molecule has 0 atom stereocenters. The lowest BCUT2D eigenvalue weighted by atomic mass is 10.1. The number of methoxy groups -OCH3 is 2. The highest BCUT2D eigenvalue weighted by molar-refractivity contribution is 7.99. The van der Waals surface area contributed by atoms with Crippen LogP contribution in [0.3, 0.4) is 0 Å². The minimum atomic E-state index is -0.347. The molecule has 1 heterocycles. The van der Waals surface area contributed by atoms with Crippen LogP contribution in [0.1, 0.15) is 20.3 Å². The molecule has 1 aromatic heterocycles.